The van der Waals surface area contributed by atoms with Crippen molar-refractivity contribution in [3.8, 4) is 11.6 Å². The number of hydrogen-bond acceptors (Lipinski definition) is 8. The summed E-state index contributed by atoms with van der Waals surface area (Å²) in [6.45, 7) is 3.88. The fourth-order valence-electron chi connectivity index (χ4n) is 3.24. The maximum absolute atomic E-state index is 13.4. The average molecular weight is 477 g/mol. The fourth-order valence-corrected chi connectivity index (χ4v) is 4.53. The number of aryl methyl sites for hydroxylation is 2. The van der Waals surface area contributed by atoms with Crippen LogP contribution in [0.1, 0.15) is 17.1 Å². The van der Waals surface area contributed by atoms with Gasteiger partial charge in [0.2, 0.25) is 15.7 Å². The van der Waals surface area contributed by atoms with Crippen molar-refractivity contribution >= 4 is 21.3 Å². The number of anilines is 2. The van der Waals surface area contributed by atoms with Gasteiger partial charge in [-0.3, -0.25) is 0 Å². The Morgan fingerprint density at radius 1 is 0.912 bits per heavy atom. The summed E-state index contributed by atoms with van der Waals surface area (Å²) in [5.41, 5.74) is 2.27. The summed E-state index contributed by atoms with van der Waals surface area (Å²) in [4.78, 5) is 12.8. The smallest absolute Gasteiger partial charge is 0.213 e. The van der Waals surface area contributed by atoms with Crippen molar-refractivity contribution in [3.05, 3.63) is 90.0 Å². The first-order chi connectivity index (χ1) is 16.4. The number of pyridine rings is 1. The summed E-state index contributed by atoms with van der Waals surface area (Å²) in [5.74, 6) is 1.64. The molecular weight excluding hydrogens is 452 g/mol. The Labute approximate surface area is 198 Å². The van der Waals surface area contributed by atoms with Gasteiger partial charge in [-0.2, -0.15) is 0 Å². The van der Waals surface area contributed by atoms with Gasteiger partial charge in [0.1, 0.15) is 23.1 Å². The van der Waals surface area contributed by atoms with Gasteiger partial charge in [-0.05, 0) is 49.7 Å². The van der Waals surface area contributed by atoms with E-state index in [1.54, 1.807) is 38.1 Å². The summed E-state index contributed by atoms with van der Waals surface area (Å²) in [6.07, 6.45) is 1.31. The highest BCUT2D eigenvalue weighted by Gasteiger charge is 2.24. The minimum absolute atomic E-state index is 0.0359. The Morgan fingerprint density at radius 3 is 2.32 bits per heavy atom. The van der Waals surface area contributed by atoms with Crippen LogP contribution in [0.15, 0.2) is 82.7 Å². The van der Waals surface area contributed by atoms with Gasteiger partial charge in [0.05, 0.1) is 29.6 Å². The van der Waals surface area contributed by atoms with Gasteiger partial charge in [0.25, 0.3) is 0 Å². The van der Waals surface area contributed by atoms with Gasteiger partial charge in [0.15, 0.2) is 5.82 Å². The lowest BCUT2D eigenvalue weighted by Gasteiger charge is -2.14. The second-order valence-corrected chi connectivity index (χ2v) is 9.41. The Balaban J connectivity index is 1.59. The molecule has 0 saturated carbocycles. The quantitative estimate of drug-likeness (QED) is 0.392. The number of benzene rings is 2. The lowest BCUT2D eigenvalue weighted by atomic mass is 10.2. The number of aromatic nitrogens is 3. The molecule has 8 nitrogen and oxygen atoms in total. The largest absolute Gasteiger partial charge is 0.489 e. The molecular formula is C25H24N4O4S. The van der Waals surface area contributed by atoms with E-state index < -0.39 is 9.84 Å². The van der Waals surface area contributed by atoms with Crippen molar-refractivity contribution in [2.75, 3.05) is 12.4 Å². The molecule has 0 aliphatic heterocycles. The zero-order valence-corrected chi connectivity index (χ0v) is 19.8. The Bertz CT molecular complexity index is 1390. The summed E-state index contributed by atoms with van der Waals surface area (Å²) in [7, 11) is -2.37. The predicted octanol–water partition coefficient (Wildman–Crippen LogP) is 4.65. The van der Waals surface area contributed by atoms with E-state index in [0.29, 0.717) is 35.4 Å². The van der Waals surface area contributed by atoms with E-state index in [9.17, 15) is 8.42 Å². The van der Waals surface area contributed by atoms with Gasteiger partial charge < -0.3 is 14.8 Å². The summed E-state index contributed by atoms with van der Waals surface area (Å²) in [5, 5.41) is 3.09. The SMILES string of the molecule is COc1ccc(Nc2nc(C)ncc2S(=O)(=O)c2ccc(OCc3ccccc3)cc2)c(C)n1. The fraction of sp³-hybridized carbons (Fsp3) is 0.160. The third-order valence-electron chi connectivity index (χ3n) is 5.07. The zero-order chi connectivity index (χ0) is 24.1. The van der Waals surface area contributed by atoms with Crippen LogP contribution in [0.5, 0.6) is 11.6 Å². The molecule has 34 heavy (non-hydrogen) atoms. The Kier molecular flexibility index (Phi) is 6.74. The predicted molar refractivity (Wildman–Crippen MR) is 128 cm³/mol. The molecule has 0 radical (unpaired) electrons. The molecule has 0 aliphatic carbocycles. The van der Waals surface area contributed by atoms with Gasteiger partial charge >= 0.3 is 0 Å². The molecule has 2 aromatic heterocycles. The van der Waals surface area contributed by atoms with Crippen molar-refractivity contribution in [1.29, 1.82) is 0 Å². The standard InChI is InChI=1S/C25H24N4O4S/c1-17-22(13-14-24(27-17)32-3)29-25-23(15-26-18(2)28-25)34(30,31)21-11-9-20(10-12-21)33-16-19-7-5-4-6-8-19/h4-15H,16H2,1-3H3,(H,26,28,29). The summed E-state index contributed by atoms with van der Waals surface area (Å²) in [6, 6.07) is 19.5. The van der Waals surface area contributed by atoms with Crippen LogP contribution in [-0.4, -0.2) is 30.5 Å². The van der Waals surface area contributed by atoms with Crippen LogP contribution in [-0.2, 0) is 16.4 Å². The minimum atomic E-state index is -3.90. The second kappa shape index (κ2) is 9.88. The molecule has 2 aromatic carbocycles. The van der Waals surface area contributed by atoms with Crippen LogP contribution >= 0.6 is 0 Å². The first-order valence-electron chi connectivity index (χ1n) is 10.5. The number of ether oxygens (including phenoxy) is 2. The molecule has 0 bridgehead atoms. The first-order valence-corrected chi connectivity index (χ1v) is 12.0. The highest BCUT2D eigenvalue weighted by atomic mass is 32.2. The maximum atomic E-state index is 13.4. The molecule has 4 rings (SSSR count). The van der Waals surface area contributed by atoms with Crippen LogP contribution in [0.25, 0.3) is 0 Å². The summed E-state index contributed by atoms with van der Waals surface area (Å²) >= 11 is 0. The average Bonchev–Trinajstić information content (AvgIpc) is 2.85. The third kappa shape index (κ3) is 5.15. The number of nitrogens with zero attached hydrogens (tertiary/aromatic N) is 3. The monoisotopic (exact) mass is 476 g/mol. The normalized spacial score (nSPS) is 11.1. The molecule has 4 aromatic rings. The number of methoxy groups -OCH3 is 1. The van der Waals surface area contributed by atoms with Gasteiger partial charge in [0, 0.05) is 6.07 Å². The van der Waals surface area contributed by atoms with E-state index in [1.807, 2.05) is 30.3 Å². The van der Waals surface area contributed by atoms with Gasteiger partial charge in [-0.25, -0.2) is 23.4 Å². The topological polar surface area (TPSA) is 103 Å². The van der Waals surface area contributed by atoms with E-state index in [0.717, 1.165) is 5.56 Å². The van der Waals surface area contributed by atoms with Crippen LogP contribution in [0, 0.1) is 13.8 Å². The molecule has 0 aliphatic rings. The molecule has 9 heteroatoms. The second-order valence-electron chi connectivity index (χ2n) is 7.49. The van der Waals surface area contributed by atoms with Crippen molar-refractivity contribution in [1.82, 2.24) is 15.0 Å². The zero-order valence-electron chi connectivity index (χ0n) is 19.0. The Hall–Kier alpha value is -3.98. The molecule has 2 heterocycles. The minimum Gasteiger partial charge on any atom is -0.489 e. The molecule has 0 fully saturated rings. The highest BCUT2D eigenvalue weighted by molar-refractivity contribution is 7.91. The van der Waals surface area contributed by atoms with E-state index in [4.69, 9.17) is 9.47 Å². The molecule has 0 amide bonds. The van der Waals surface area contributed by atoms with Crippen LogP contribution < -0.4 is 14.8 Å². The third-order valence-corrected chi connectivity index (χ3v) is 6.84. The van der Waals surface area contributed by atoms with E-state index in [-0.39, 0.29) is 15.6 Å². The maximum Gasteiger partial charge on any atom is 0.213 e. The van der Waals surface area contributed by atoms with E-state index >= 15 is 0 Å². The number of rotatable bonds is 8. The van der Waals surface area contributed by atoms with Crippen LogP contribution in [0.3, 0.4) is 0 Å². The Morgan fingerprint density at radius 2 is 1.65 bits per heavy atom. The molecule has 0 spiro atoms. The van der Waals surface area contributed by atoms with Crippen molar-refractivity contribution in [3.63, 3.8) is 0 Å². The number of nitrogens with one attached hydrogen (secondary N) is 1. The van der Waals surface area contributed by atoms with Crippen molar-refractivity contribution in [2.24, 2.45) is 0 Å². The molecule has 1 N–H and O–H groups in total. The van der Waals surface area contributed by atoms with Gasteiger partial charge in [-0.1, -0.05) is 30.3 Å². The number of sulfone groups is 1. The molecule has 0 atom stereocenters. The van der Waals surface area contributed by atoms with E-state index in [2.05, 4.69) is 20.3 Å². The molecule has 0 saturated heterocycles. The van der Waals surface area contributed by atoms with E-state index in [1.165, 1.54) is 25.4 Å². The number of hydrogen-bond donors (Lipinski definition) is 1. The van der Waals surface area contributed by atoms with Crippen LogP contribution in [0.2, 0.25) is 0 Å². The van der Waals surface area contributed by atoms with Crippen LogP contribution in [0.4, 0.5) is 11.5 Å². The highest BCUT2D eigenvalue weighted by Crippen LogP contribution is 2.30. The van der Waals surface area contributed by atoms with Crippen molar-refractivity contribution in [2.45, 2.75) is 30.2 Å². The lowest BCUT2D eigenvalue weighted by Crippen LogP contribution is -2.10. The lowest BCUT2D eigenvalue weighted by molar-refractivity contribution is 0.306. The summed E-state index contributed by atoms with van der Waals surface area (Å²) < 4.78 is 37.8. The van der Waals surface area contributed by atoms with Crippen molar-refractivity contribution < 1.29 is 17.9 Å². The van der Waals surface area contributed by atoms with Gasteiger partial charge in [-0.15, -0.1) is 0 Å². The molecule has 0 unspecified atom stereocenters. The molecule has 174 valence electrons. The first kappa shape index (κ1) is 23.2.